The van der Waals surface area contributed by atoms with Crippen LogP contribution in [0.25, 0.3) is 0 Å². The molecule has 1 heterocycles. The highest BCUT2D eigenvalue weighted by atomic mass is 32.1. The van der Waals surface area contributed by atoms with Gasteiger partial charge in [-0.3, -0.25) is 0 Å². The molecular weight excluding hydrogens is 226 g/mol. The molecule has 96 valence electrons. The lowest BCUT2D eigenvalue weighted by atomic mass is 9.97. The van der Waals surface area contributed by atoms with Crippen LogP contribution in [0.5, 0.6) is 0 Å². The first-order valence-electron chi connectivity index (χ1n) is 6.96. The maximum absolute atomic E-state index is 3.79. The molecule has 0 aromatic carbocycles. The van der Waals surface area contributed by atoms with E-state index in [1.807, 2.05) is 11.3 Å². The Kier molecular flexibility index (Phi) is 4.63. The number of nitrogens with one attached hydrogen (secondary N) is 1. The molecule has 1 fully saturated rings. The van der Waals surface area contributed by atoms with Crippen molar-refractivity contribution in [1.29, 1.82) is 0 Å². The van der Waals surface area contributed by atoms with Crippen molar-refractivity contribution in [2.75, 3.05) is 0 Å². The van der Waals surface area contributed by atoms with Crippen molar-refractivity contribution >= 4 is 11.3 Å². The molecule has 2 heteroatoms. The van der Waals surface area contributed by atoms with Gasteiger partial charge >= 0.3 is 0 Å². The van der Waals surface area contributed by atoms with Crippen LogP contribution in [0.15, 0.2) is 6.07 Å². The number of rotatable bonds is 3. The first-order chi connectivity index (χ1) is 8.16. The third-order valence-electron chi connectivity index (χ3n) is 4.06. The molecule has 1 aromatic rings. The van der Waals surface area contributed by atoms with Gasteiger partial charge in [-0.1, -0.05) is 26.2 Å². The van der Waals surface area contributed by atoms with Crippen LogP contribution in [0.1, 0.15) is 54.3 Å². The van der Waals surface area contributed by atoms with Gasteiger partial charge in [0.2, 0.25) is 0 Å². The second-order valence-corrected chi connectivity index (χ2v) is 7.00. The lowest BCUT2D eigenvalue weighted by molar-refractivity contribution is 0.356. The molecule has 1 nitrogen and oxygen atoms in total. The van der Waals surface area contributed by atoms with Gasteiger partial charge in [-0.25, -0.2) is 0 Å². The van der Waals surface area contributed by atoms with Crippen molar-refractivity contribution in [3.8, 4) is 0 Å². The van der Waals surface area contributed by atoms with Gasteiger partial charge in [0.15, 0.2) is 0 Å². The SMILES string of the molecule is Cc1cc(CNC2CCCCCC2C)c(C)s1. The molecule has 0 amide bonds. The molecular formula is C15H25NS. The number of hydrogen-bond donors (Lipinski definition) is 1. The second kappa shape index (κ2) is 6.01. The van der Waals surface area contributed by atoms with Crippen LogP contribution < -0.4 is 5.32 Å². The third-order valence-corrected chi connectivity index (χ3v) is 5.07. The maximum atomic E-state index is 3.79. The van der Waals surface area contributed by atoms with Gasteiger partial charge in [-0.05, 0) is 44.2 Å². The van der Waals surface area contributed by atoms with Crippen molar-refractivity contribution in [3.05, 3.63) is 21.4 Å². The van der Waals surface area contributed by atoms with E-state index in [-0.39, 0.29) is 0 Å². The molecule has 0 saturated heterocycles. The molecule has 2 unspecified atom stereocenters. The average molecular weight is 251 g/mol. The fourth-order valence-corrected chi connectivity index (χ4v) is 3.84. The fourth-order valence-electron chi connectivity index (χ4n) is 2.90. The van der Waals surface area contributed by atoms with Crippen LogP contribution in [0.2, 0.25) is 0 Å². The zero-order chi connectivity index (χ0) is 12.3. The van der Waals surface area contributed by atoms with Crippen LogP contribution in [0.3, 0.4) is 0 Å². The van der Waals surface area contributed by atoms with Crippen LogP contribution >= 0.6 is 11.3 Å². The number of aryl methyl sites for hydroxylation is 2. The van der Waals surface area contributed by atoms with E-state index in [4.69, 9.17) is 0 Å². The Balaban J connectivity index is 1.90. The Morgan fingerprint density at radius 3 is 2.71 bits per heavy atom. The highest BCUT2D eigenvalue weighted by molar-refractivity contribution is 7.12. The fraction of sp³-hybridized carbons (Fsp3) is 0.733. The summed E-state index contributed by atoms with van der Waals surface area (Å²) in [6.45, 7) is 7.92. The Hall–Kier alpha value is -0.340. The van der Waals surface area contributed by atoms with Gasteiger partial charge < -0.3 is 5.32 Å². The Morgan fingerprint density at radius 2 is 2.00 bits per heavy atom. The van der Waals surface area contributed by atoms with E-state index in [1.165, 1.54) is 47.4 Å². The Bertz CT molecular complexity index is 356. The Labute approximate surface area is 110 Å². The van der Waals surface area contributed by atoms with Gasteiger partial charge in [0.05, 0.1) is 0 Å². The largest absolute Gasteiger partial charge is 0.310 e. The zero-order valence-electron chi connectivity index (χ0n) is 11.4. The van der Waals surface area contributed by atoms with Crippen molar-refractivity contribution in [2.24, 2.45) is 5.92 Å². The first-order valence-corrected chi connectivity index (χ1v) is 7.78. The van der Waals surface area contributed by atoms with E-state index < -0.39 is 0 Å². The molecule has 1 aliphatic carbocycles. The number of hydrogen-bond acceptors (Lipinski definition) is 2. The average Bonchev–Trinajstić information content (AvgIpc) is 2.48. The molecule has 2 rings (SSSR count). The predicted octanol–water partition coefficient (Wildman–Crippen LogP) is 4.42. The van der Waals surface area contributed by atoms with E-state index in [9.17, 15) is 0 Å². The first kappa shape index (κ1) is 13.1. The summed E-state index contributed by atoms with van der Waals surface area (Å²) in [5, 5.41) is 3.79. The summed E-state index contributed by atoms with van der Waals surface area (Å²) < 4.78 is 0. The van der Waals surface area contributed by atoms with E-state index in [0.29, 0.717) is 0 Å². The van der Waals surface area contributed by atoms with E-state index >= 15 is 0 Å². The molecule has 17 heavy (non-hydrogen) atoms. The summed E-state index contributed by atoms with van der Waals surface area (Å²) in [5.41, 5.74) is 1.50. The van der Waals surface area contributed by atoms with E-state index in [1.54, 1.807) is 0 Å². The molecule has 0 radical (unpaired) electrons. The van der Waals surface area contributed by atoms with Gasteiger partial charge in [0.1, 0.15) is 0 Å². The molecule has 1 aliphatic rings. The monoisotopic (exact) mass is 251 g/mol. The summed E-state index contributed by atoms with van der Waals surface area (Å²) in [7, 11) is 0. The summed E-state index contributed by atoms with van der Waals surface area (Å²) in [6, 6.07) is 3.08. The summed E-state index contributed by atoms with van der Waals surface area (Å²) >= 11 is 1.92. The molecule has 1 N–H and O–H groups in total. The van der Waals surface area contributed by atoms with Crippen molar-refractivity contribution < 1.29 is 0 Å². The predicted molar refractivity (Wildman–Crippen MR) is 76.7 cm³/mol. The highest BCUT2D eigenvalue weighted by Crippen LogP contribution is 2.25. The van der Waals surface area contributed by atoms with E-state index in [2.05, 4.69) is 32.2 Å². The van der Waals surface area contributed by atoms with Crippen LogP contribution in [-0.2, 0) is 6.54 Å². The maximum Gasteiger partial charge on any atom is 0.0219 e. The van der Waals surface area contributed by atoms with Crippen molar-refractivity contribution in [2.45, 2.75) is 65.5 Å². The molecule has 1 aromatic heterocycles. The standard InChI is InChI=1S/C15H25NS/c1-11-7-5-4-6-8-15(11)16-10-14-9-12(2)17-13(14)3/h9,11,15-16H,4-8,10H2,1-3H3. The zero-order valence-corrected chi connectivity index (χ0v) is 12.2. The molecule has 2 atom stereocenters. The highest BCUT2D eigenvalue weighted by Gasteiger charge is 2.19. The lowest BCUT2D eigenvalue weighted by Crippen LogP contribution is -2.33. The van der Waals surface area contributed by atoms with Crippen molar-refractivity contribution in [3.63, 3.8) is 0 Å². The number of thiophene rings is 1. The van der Waals surface area contributed by atoms with Gasteiger partial charge in [-0.15, -0.1) is 11.3 Å². The topological polar surface area (TPSA) is 12.0 Å². The van der Waals surface area contributed by atoms with E-state index in [0.717, 1.165) is 18.5 Å². The Morgan fingerprint density at radius 1 is 1.24 bits per heavy atom. The summed E-state index contributed by atoms with van der Waals surface area (Å²) in [5.74, 6) is 0.845. The second-order valence-electron chi connectivity index (χ2n) is 5.54. The normalized spacial score (nSPS) is 25.8. The smallest absolute Gasteiger partial charge is 0.0219 e. The van der Waals surface area contributed by atoms with Gasteiger partial charge in [-0.2, -0.15) is 0 Å². The molecule has 0 aliphatic heterocycles. The minimum absolute atomic E-state index is 0.733. The molecule has 0 bridgehead atoms. The van der Waals surface area contributed by atoms with Gasteiger partial charge in [0.25, 0.3) is 0 Å². The molecule has 0 spiro atoms. The van der Waals surface area contributed by atoms with Crippen LogP contribution in [-0.4, -0.2) is 6.04 Å². The summed E-state index contributed by atoms with van der Waals surface area (Å²) in [6.07, 6.45) is 7.03. The minimum atomic E-state index is 0.733. The quantitative estimate of drug-likeness (QED) is 0.784. The van der Waals surface area contributed by atoms with Crippen molar-refractivity contribution in [1.82, 2.24) is 5.32 Å². The van der Waals surface area contributed by atoms with Crippen LogP contribution in [0.4, 0.5) is 0 Å². The lowest BCUT2D eigenvalue weighted by Gasteiger charge is -2.22. The minimum Gasteiger partial charge on any atom is -0.310 e. The molecule has 1 saturated carbocycles. The van der Waals surface area contributed by atoms with Crippen LogP contribution in [0, 0.1) is 19.8 Å². The third kappa shape index (κ3) is 3.56. The van der Waals surface area contributed by atoms with Gasteiger partial charge in [0, 0.05) is 22.3 Å². The summed E-state index contributed by atoms with van der Waals surface area (Å²) in [4.78, 5) is 2.92.